The van der Waals surface area contributed by atoms with Crippen molar-refractivity contribution < 1.29 is 14.0 Å². The molecule has 1 aliphatic rings. The third-order valence-electron chi connectivity index (χ3n) is 4.51. The van der Waals surface area contributed by atoms with Crippen LogP contribution >= 0.6 is 0 Å². The molecule has 2 aromatic carbocycles. The second-order valence-electron chi connectivity index (χ2n) is 6.63. The van der Waals surface area contributed by atoms with E-state index in [1.807, 2.05) is 38.1 Å². The first kappa shape index (κ1) is 18.9. The molecule has 0 saturated carbocycles. The van der Waals surface area contributed by atoms with E-state index in [4.69, 9.17) is 4.84 Å². The van der Waals surface area contributed by atoms with Crippen LogP contribution in [0.5, 0.6) is 0 Å². The lowest BCUT2D eigenvalue weighted by Gasteiger charge is -2.25. The van der Waals surface area contributed by atoms with Crippen LogP contribution in [0, 0.1) is 12.7 Å². The van der Waals surface area contributed by atoms with Crippen molar-refractivity contribution in [2.24, 2.45) is 5.16 Å². The van der Waals surface area contributed by atoms with Gasteiger partial charge in [-0.25, -0.2) is 9.18 Å². The highest BCUT2D eigenvalue weighted by molar-refractivity contribution is 6.02. The summed E-state index contributed by atoms with van der Waals surface area (Å²) in [6.07, 6.45) is 0.437. The third kappa shape index (κ3) is 4.84. The van der Waals surface area contributed by atoms with Gasteiger partial charge in [0.15, 0.2) is 6.10 Å². The molecule has 142 valence electrons. The minimum Gasteiger partial charge on any atom is -0.390 e. The van der Waals surface area contributed by atoms with Crippen molar-refractivity contribution in [1.29, 1.82) is 0 Å². The monoisotopic (exact) mass is 369 g/mol. The zero-order valence-electron chi connectivity index (χ0n) is 15.6. The number of amides is 2. The number of rotatable bonds is 6. The summed E-state index contributed by atoms with van der Waals surface area (Å²) in [7, 11) is 0. The van der Waals surface area contributed by atoms with Crippen LogP contribution in [0.1, 0.15) is 30.0 Å². The Labute approximate surface area is 158 Å². The first-order chi connectivity index (χ1) is 13.1. The Morgan fingerprint density at radius 3 is 2.70 bits per heavy atom. The van der Waals surface area contributed by atoms with Crippen LogP contribution in [0.25, 0.3) is 0 Å². The Morgan fingerprint density at radius 2 is 2.00 bits per heavy atom. The quantitative estimate of drug-likeness (QED) is 0.841. The van der Waals surface area contributed by atoms with Crippen molar-refractivity contribution in [3.8, 4) is 0 Å². The highest BCUT2D eigenvalue weighted by Crippen LogP contribution is 2.20. The highest BCUT2D eigenvalue weighted by atomic mass is 19.1. The summed E-state index contributed by atoms with van der Waals surface area (Å²) in [6, 6.07) is 14.0. The first-order valence-electron chi connectivity index (χ1n) is 9.12. The molecule has 0 aromatic heterocycles. The maximum absolute atomic E-state index is 13.1. The van der Waals surface area contributed by atoms with Crippen molar-refractivity contribution >= 4 is 11.7 Å². The van der Waals surface area contributed by atoms with Crippen molar-refractivity contribution in [2.45, 2.75) is 32.9 Å². The predicted molar refractivity (Wildman–Crippen MR) is 103 cm³/mol. The molecule has 0 aliphatic carbocycles. The lowest BCUT2D eigenvalue weighted by Crippen LogP contribution is -2.43. The van der Waals surface area contributed by atoms with Gasteiger partial charge in [-0.1, -0.05) is 41.6 Å². The number of aryl methyl sites for hydroxylation is 1. The number of oxime groups is 1. The number of nitrogens with one attached hydrogen (secondary N) is 1. The molecule has 0 radical (unpaired) electrons. The van der Waals surface area contributed by atoms with Gasteiger partial charge in [-0.2, -0.15) is 0 Å². The standard InChI is InChI=1S/C21H24FN3O2/c1-3-23-21(26)25(13-16-8-10-17(22)11-9-16)14-18-12-20(24-27-18)19-7-5-4-6-15(19)2/h4-11,18H,3,12-14H2,1-2H3,(H,23,26)/t18-/m1/s1. The Balaban J connectivity index is 1.67. The van der Waals surface area contributed by atoms with E-state index in [1.165, 1.54) is 12.1 Å². The van der Waals surface area contributed by atoms with E-state index < -0.39 is 0 Å². The number of hydrogen-bond donors (Lipinski definition) is 1. The summed E-state index contributed by atoms with van der Waals surface area (Å²) in [5.74, 6) is -0.293. The maximum Gasteiger partial charge on any atom is 0.317 e. The van der Waals surface area contributed by atoms with Gasteiger partial charge in [0.1, 0.15) is 5.82 Å². The second kappa shape index (κ2) is 8.66. The molecule has 1 aliphatic heterocycles. The van der Waals surface area contributed by atoms with Gasteiger partial charge in [0, 0.05) is 25.1 Å². The molecule has 27 heavy (non-hydrogen) atoms. The largest absolute Gasteiger partial charge is 0.390 e. The molecule has 0 spiro atoms. The van der Waals surface area contributed by atoms with E-state index in [1.54, 1.807) is 17.0 Å². The Kier molecular flexibility index (Phi) is 6.06. The van der Waals surface area contributed by atoms with Gasteiger partial charge in [0.05, 0.1) is 12.3 Å². The van der Waals surface area contributed by atoms with Crippen molar-refractivity contribution in [3.05, 3.63) is 71.0 Å². The number of hydrogen-bond acceptors (Lipinski definition) is 3. The van der Waals surface area contributed by atoms with Crippen LogP contribution in [0.15, 0.2) is 53.7 Å². The normalized spacial score (nSPS) is 15.8. The highest BCUT2D eigenvalue weighted by Gasteiger charge is 2.27. The van der Waals surface area contributed by atoms with E-state index >= 15 is 0 Å². The van der Waals surface area contributed by atoms with Gasteiger partial charge in [-0.3, -0.25) is 0 Å². The lowest BCUT2D eigenvalue weighted by atomic mass is 10.0. The molecule has 1 heterocycles. The van der Waals surface area contributed by atoms with Crippen molar-refractivity contribution in [1.82, 2.24) is 10.2 Å². The summed E-state index contributed by atoms with van der Waals surface area (Å²) in [6.45, 7) is 5.24. The van der Waals surface area contributed by atoms with Crippen LogP contribution in [0.4, 0.5) is 9.18 Å². The van der Waals surface area contributed by atoms with Crippen LogP contribution in [-0.2, 0) is 11.4 Å². The average Bonchev–Trinajstić information content (AvgIpc) is 3.12. The van der Waals surface area contributed by atoms with E-state index in [0.717, 1.165) is 22.4 Å². The Morgan fingerprint density at radius 1 is 1.26 bits per heavy atom. The number of carbonyl (C=O) groups excluding carboxylic acids is 1. The molecular formula is C21H24FN3O2. The fourth-order valence-electron chi connectivity index (χ4n) is 3.12. The van der Waals surface area contributed by atoms with E-state index in [-0.39, 0.29) is 18.0 Å². The first-order valence-corrected chi connectivity index (χ1v) is 9.12. The molecule has 1 atom stereocenters. The van der Waals surface area contributed by atoms with Crippen LogP contribution in [-0.4, -0.2) is 35.8 Å². The zero-order chi connectivity index (χ0) is 19.2. The number of benzene rings is 2. The fourth-order valence-corrected chi connectivity index (χ4v) is 3.12. The summed E-state index contributed by atoms with van der Waals surface area (Å²) in [5, 5.41) is 7.06. The summed E-state index contributed by atoms with van der Waals surface area (Å²) < 4.78 is 13.1. The van der Waals surface area contributed by atoms with Crippen LogP contribution in [0.2, 0.25) is 0 Å². The van der Waals surface area contributed by atoms with E-state index in [2.05, 4.69) is 10.5 Å². The molecule has 0 bridgehead atoms. The van der Waals surface area contributed by atoms with Gasteiger partial charge >= 0.3 is 6.03 Å². The Bertz CT molecular complexity index is 820. The van der Waals surface area contributed by atoms with Gasteiger partial charge in [-0.05, 0) is 37.1 Å². The molecular weight excluding hydrogens is 345 g/mol. The maximum atomic E-state index is 13.1. The number of carbonyl (C=O) groups is 1. The molecule has 1 N–H and O–H groups in total. The van der Waals surface area contributed by atoms with E-state index in [0.29, 0.717) is 26.1 Å². The van der Waals surface area contributed by atoms with Gasteiger partial charge in [-0.15, -0.1) is 0 Å². The smallest absolute Gasteiger partial charge is 0.317 e. The minimum absolute atomic E-state index is 0.172. The summed E-state index contributed by atoms with van der Waals surface area (Å²) >= 11 is 0. The number of nitrogens with zero attached hydrogens (tertiary/aromatic N) is 2. The average molecular weight is 369 g/mol. The summed E-state index contributed by atoms with van der Waals surface area (Å²) in [4.78, 5) is 19.7. The molecule has 0 fully saturated rings. The predicted octanol–water partition coefficient (Wildman–Crippen LogP) is 3.86. The molecule has 6 heteroatoms. The number of urea groups is 1. The molecule has 2 aromatic rings. The lowest BCUT2D eigenvalue weighted by molar-refractivity contribution is 0.0590. The van der Waals surface area contributed by atoms with Gasteiger partial charge < -0.3 is 15.1 Å². The Hall–Kier alpha value is -2.89. The van der Waals surface area contributed by atoms with E-state index in [9.17, 15) is 9.18 Å². The van der Waals surface area contributed by atoms with Crippen molar-refractivity contribution in [2.75, 3.05) is 13.1 Å². The third-order valence-corrected chi connectivity index (χ3v) is 4.51. The topological polar surface area (TPSA) is 53.9 Å². The number of halogens is 1. The van der Waals surface area contributed by atoms with Crippen LogP contribution < -0.4 is 5.32 Å². The van der Waals surface area contributed by atoms with Crippen LogP contribution in [0.3, 0.4) is 0 Å². The zero-order valence-corrected chi connectivity index (χ0v) is 15.6. The molecule has 3 rings (SSSR count). The molecule has 0 unspecified atom stereocenters. The molecule has 5 nitrogen and oxygen atoms in total. The molecule has 0 saturated heterocycles. The van der Waals surface area contributed by atoms with Gasteiger partial charge in [0.2, 0.25) is 0 Å². The van der Waals surface area contributed by atoms with Crippen molar-refractivity contribution in [3.63, 3.8) is 0 Å². The second-order valence-corrected chi connectivity index (χ2v) is 6.63. The minimum atomic E-state index is -0.293. The SMILES string of the molecule is CCNC(=O)N(Cc1ccc(F)cc1)C[C@H]1CC(c2ccccc2C)=NO1. The van der Waals surface area contributed by atoms with Gasteiger partial charge in [0.25, 0.3) is 0 Å². The molecule has 2 amide bonds. The summed E-state index contributed by atoms with van der Waals surface area (Å²) in [5.41, 5.74) is 3.98. The fraction of sp³-hybridized carbons (Fsp3) is 0.333.